The molecule has 13 rings (SSSR count). The molecule has 9 aromatic carbocycles. The van der Waals surface area contributed by atoms with E-state index in [1.165, 1.54) is 27.4 Å². The van der Waals surface area contributed by atoms with E-state index in [4.69, 9.17) is 9.72 Å². The van der Waals surface area contributed by atoms with Crippen LogP contribution in [0, 0.1) is 18.5 Å². The van der Waals surface area contributed by atoms with Crippen molar-refractivity contribution >= 4 is 54.6 Å². The van der Waals surface area contributed by atoms with Gasteiger partial charge in [0.05, 0.1) is 27.8 Å². The third-order valence-corrected chi connectivity index (χ3v) is 14.1. The molecule has 0 fully saturated rings. The molecule has 0 spiro atoms. The molecule has 6 nitrogen and oxygen atoms in total. The summed E-state index contributed by atoms with van der Waals surface area (Å²) >= 11 is 0. The summed E-state index contributed by atoms with van der Waals surface area (Å²) in [5.74, 6) is 2.43. The molecular formula is C65H47N5OPt-2. The van der Waals surface area contributed by atoms with E-state index in [2.05, 4.69) is 245 Å². The van der Waals surface area contributed by atoms with Gasteiger partial charge in [-0.3, -0.25) is 4.57 Å². The molecule has 0 amide bonds. The SMILES string of the molecule is CCC(CC)c1ccnc(-n2c3[c-]c(Oc4[c-]c(-n5[c-][n+](-c6c(-c7ccccc7)cccc6-c6ccccc6)c6ccccc65)ccc4)ccc3c3cc(-n4c5ccccc5c5ccccc54)ccc32)c1.[Pt]. The molecule has 0 atom stereocenters. The summed E-state index contributed by atoms with van der Waals surface area (Å²) in [5, 5.41) is 4.64. The second kappa shape index (κ2) is 18.8. The first kappa shape index (κ1) is 44.9. The van der Waals surface area contributed by atoms with Crippen LogP contribution in [0.1, 0.15) is 38.2 Å². The van der Waals surface area contributed by atoms with E-state index < -0.39 is 0 Å². The molecule has 0 saturated heterocycles. The van der Waals surface area contributed by atoms with Gasteiger partial charge in [0.15, 0.2) is 0 Å². The molecule has 4 heterocycles. The van der Waals surface area contributed by atoms with Crippen LogP contribution in [0.3, 0.4) is 0 Å². The predicted octanol–water partition coefficient (Wildman–Crippen LogP) is 15.9. The topological polar surface area (TPSA) is 40.8 Å². The number of ether oxygens (including phenoxy) is 1. The van der Waals surface area contributed by atoms with Crippen molar-refractivity contribution in [3.05, 3.63) is 243 Å². The van der Waals surface area contributed by atoms with Crippen LogP contribution < -0.4 is 9.30 Å². The fourth-order valence-electron chi connectivity index (χ4n) is 10.8. The molecule has 0 aliphatic heterocycles. The van der Waals surface area contributed by atoms with Crippen molar-refractivity contribution in [1.82, 2.24) is 18.7 Å². The summed E-state index contributed by atoms with van der Waals surface area (Å²) in [6.07, 6.45) is 7.84. The van der Waals surface area contributed by atoms with Crippen LogP contribution in [0.4, 0.5) is 0 Å². The number of hydrogen-bond donors (Lipinski definition) is 0. The van der Waals surface area contributed by atoms with Crippen molar-refractivity contribution in [3.63, 3.8) is 0 Å². The maximum atomic E-state index is 6.79. The van der Waals surface area contributed by atoms with Gasteiger partial charge in [-0.1, -0.05) is 159 Å². The second-order valence-corrected chi connectivity index (χ2v) is 18.1. The molecule has 72 heavy (non-hydrogen) atoms. The quantitative estimate of drug-likeness (QED) is 0.0957. The van der Waals surface area contributed by atoms with E-state index in [0.717, 1.165) is 90.8 Å². The number of hydrogen-bond acceptors (Lipinski definition) is 2. The van der Waals surface area contributed by atoms with Crippen LogP contribution in [0.25, 0.3) is 99.8 Å². The van der Waals surface area contributed by atoms with Crippen LogP contribution in [0.5, 0.6) is 11.5 Å². The van der Waals surface area contributed by atoms with E-state index in [1.807, 2.05) is 24.4 Å². The number of fused-ring (bicyclic) bond motifs is 7. The van der Waals surface area contributed by atoms with Crippen molar-refractivity contribution in [2.45, 2.75) is 32.6 Å². The number of para-hydroxylation sites is 5. The average Bonchev–Trinajstić information content (AvgIpc) is 4.09. The number of pyridine rings is 1. The van der Waals surface area contributed by atoms with Crippen LogP contribution >= 0.6 is 0 Å². The minimum atomic E-state index is 0. The summed E-state index contributed by atoms with van der Waals surface area (Å²) in [4.78, 5) is 5.02. The zero-order valence-corrected chi connectivity index (χ0v) is 42.0. The van der Waals surface area contributed by atoms with Crippen molar-refractivity contribution in [2.24, 2.45) is 0 Å². The largest absolute Gasteiger partial charge is 0.510 e. The Morgan fingerprint density at radius 1 is 0.514 bits per heavy atom. The zero-order valence-electron chi connectivity index (χ0n) is 39.7. The van der Waals surface area contributed by atoms with E-state index in [9.17, 15) is 0 Å². The smallest absolute Gasteiger partial charge is 0.268 e. The summed E-state index contributed by atoms with van der Waals surface area (Å²) < 4.78 is 15.7. The van der Waals surface area contributed by atoms with E-state index in [-0.39, 0.29) is 21.1 Å². The van der Waals surface area contributed by atoms with Gasteiger partial charge in [0.1, 0.15) is 5.82 Å². The molecule has 13 aromatic rings. The van der Waals surface area contributed by atoms with Crippen molar-refractivity contribution < 1.29 is 30.4 Å². The summed E-state index contributed by atoms with van der Waals surface area (Å²) in [5.41, 5.74) is 15.0. The average molecular weight is 1110 g/mol. The number of nitrogens with zero attached hydrogens (tertiary/aromatic N) is 5. The Hall–Kier alpha value is -8.31. The number of imidazole rings is 1. The molecule has 0 N–H and O–H groups in total. The third kappa shape index (κ3) is 7.62. The summed E-state index contributed by atoms with van der Waals surface area (Å²) in [7, 11) is 0. The Labute approximate surface area is 432 Å². The van der Waals surface area contributed by atoms with Gasteiger partial charge < -0.3 is 18.4 Å². The van der Waals surface area contributed by atoms with Gasteiger partial charge in [-0.05, 0) is 100 Å². The number of benzene rings is 9. The Bertz CT molecular complexity index is 4020. The molecule has 0 saturated carbocycles. The van der Waals surface area contributed by atoms with Crippen LogP contribution in [0.2, 0.25) is 0 Å². The van der Waals surface area contributed by atoms with Gasteiger partial charge in [-0.25, -0.2) is 4.98 Å². The van der Waals surface area contributed by atoms with Gasteiger partial charge in [0, 0.05) is 60.7 Å². The molecule has 0 bridgehead atoms. The Morgan fingerprint density at radius 3 is 1.82 bits per heavy atom. The van der Waals surface area contributed by atoms with Gasteiger partial charge in [0.2, 0.25) is 0 Å². The van der Waals surface area contributed by atoms with Crippen LogP contribution in [0.15, 0.2) is 219 Å². The van der Waals surface area contributed by atoms with Crippen LogP contribution in [-0.2, 0) is 21.1 Å². The monoisotopic (exact) mass is 1110 g/mol. The van der Waals surface area contributed by atoms with Crippen molar-refractivity contribution in [3.8, 4) is 56.6 Å². The molecule has 4 aromatic heterocycles. The Morgan fingerprint density at radius 2 is 1.12 bits per heavy atom. The predicted molar refractivity (Wildman–Crippen MR) is 288 cm³/mol. The fraction of sp³-hybridized carbons (Fsp3) is 0.0769. The van der Waals surface area contributed by atoms with E-state index in [1.54, 1.807) is 0 Å². The number of rotatable bonds is 11. The molecule has 0 aliphatic rings. The number of aromatic nitrogens is 5. The minimum absolute atomic E-state index is 0. The van der Waals surface area contributed by atoms with Gasteiger partial charge in [-0.15, -0.1) is 29.7 Å². The van der Waals surface area contributed by atoms with Crippen molar-refractivity contribution in [2.75, 3.05) is 0 Å². The van der Waals surface area contributed by atoms with E-state index >= 15 is 0 Å². The normalized spacial score (nSPS) is 11.6. The first-order valence-corrected chi connectivity index (χ1v) is 24.5. The van der Waals surface area contributed by atoms with Gasteiger partial charge in [0.25, 0.3) is 6.33 Å². The van der Waals surface area contributed by atoms with Gasteiger partial charge >= 0.3 is 0 Å². The second-order valence-electron chi connectivity index (χ2n) is 18.1. The molecule has 7 heteroatoms. The Balaban J connectivity index is 0.00000530. The zero-order chi connectivity index (χ0) is 47.4. The first-order chi connectivity index (χ1) is 35.1. The van der Waals surface area contributed by atoms with E-state index in [0.29, 0.717) is 17.4 Å². The Kier molecular flexibility index (Phi) is 11.7. The third-order valence-electron chi connectivity index (χ3n) is 14.1. The van der Waals surface area contributed by atoms with Crippen molar-refractivity contribution in [1.29, 1.82) is 0 Å². The minimum Gasteiger partial charge on any atom is -0.510 e. The summed E-state index contributed by atoms with van der Waals surface area (Å²) in [6.45, 7) is 4.52. The maximum Gasteiger partial charge on any atom is 0.268 e. The molecule has 0 radical (unpaired) electrons. The van der Waals surface area contributed by atoms with Gasteiger partial charge in [-0.2, -0.15) is 18.2 Å². The maximum absolute atomic E-state index is 6.79. The van der Waals surface area contributed by atoms with Crippen LogP contribution in [-0.4, -0.2) is 18.7 Å². The fourth-order valence-corrected chi connectivity index (χ4v) is 10.8. The standard InChI is InChI=1S/C65H47N5O.Pt/c1-3-44(4-2)47-37-38-66-64(39-47)70-60-36-33-49(69-58-29-13-11-25-54(58)55-26-12-14-30-59(55)69)41-57(60)56-35-34-51(42-63(56)70)71-50-24-17-23-48(40-50)67-43-68(62-32-16-15-31-61(62)67)65-52(45-19-7-5-8-20-45)27-18-28-53(65)46-21-9-6-10-22-46;/h5-39,41,44H,3-4H2,1-2H3;/q-2;. The molecule has 0 unspecified atom stereocenters. The molecule has 350 valence electrons. The molecule has 0 aliphatic carbocycles. The first-order valence-electron chi connectivity index (χ1n) is 24.5. The molecular weight excluding hydrogens is 1060 g/mol. The summed E-state index contributed by atoms with van der Waals surface area (Å²) in [6, 6.07) is 82.2.